The van der Waals surface area contributed by atoms with Gasteiger partial charge in [-0.25, -0.2) is 9.67 Å². The first-order valence-electron chi connectivity index (χ1n) is 8.62. The Balaban J connectivity index is 2.20. The number of aliphatic hydroxyl groups is 1. The van der Waals surface area contributed by atoms with Crippen molar-refractivity contribution in [2.24, 2.45) is 5.41 Å². The van der Waals surface area contributed by atoms with Gasteiger partial charge in [0, 0.05) is 25.3 Å². The highest BCUT2D eigenvalue weighted by Crippen LogP contribution is 2.18. The van der Waals surface area contributed by atoms with E-state index < -0.39 is 0 Å². The molecule has 136 valence electrons. The minimum atomic E-state index is -0.0126. The fraction of sp³-hybridized carbons (Fsp3) is 0.526. The van der Waals surface area contributed by atoms with Crippen LogP contribution in [0.15, 0.2) is 24.3 Å². The van der Waals surface area contributed by atoms with Crippen molar-refractivity contribution in [1.82, 2.24) is 19.7 Å². The summed E-state index contributed by atoms with van der Waals surface area (Å²) in [6, 6.07) is 7.41. The van der Waals surface area contributed by atoms with Crippen LogP contribution in [0.1, 0.15) is 49.2 Å². The highest BCUT2D eigenvalue weighted by molar-refractivity contribution is 5.94. The summed E-state index contributed by atoms with van der Waals surface area (Å²) >= 11 is 0. The van der Waals surface area contributed by atoms with E-state index in [4.69, 9.17) is 5.11 Å². The molecule has 0 radical (unpaired) electrons. The lowest BCUT2D eigenvalue weighted by molar-refractivity contribution is 0.0682. The predicted molar refractivity (Wildman–Crippen MR) is 97.9 cm³/mol. The molecule has 0 bridgehead atoms. The second kappa shape index (κ2) is 7.78. The van der Waals surface area contributed by atoms with Crippen LogP contribution in [0.25, 0.3) is 5.69 Å². The van der Waals surface area contributed by atoms with E-state index in [2.05, 4.69) is 30.9 Å². The van der Waals surface area contributed by atoms with Crippen LogP contribution in [0.2, 0.25) is 0 Å². The lowest BCUT2D eigenvalue weighted by Gasteiger charge is -2.30. The van der Waals surface area contributed by atoms with Crippen molar-refractivity contribution in [3.63, 3.8) is 0 Å². The third-order valence-corrected chi connectivity index (χ3v) is 3.77. The van der Waals surface area contributed by atoms with Crippen LogP contribution in [0, 0.1) is 19.3 Å². The fourth-order valence-electron chi connectivity index (χ4n) is 2.78. The Labute approximate surface area is 149 Å². The van der Waals surface area contributed by atoms with Crippen LogP contribution < -0.4 is 0 Å². The number of aliphatic hydroxyl groups excluding tert-OH is 1. The van der Waals surface area contributed by atoms with E-state index in [0.717, 1.165) is 17.3 Å². The van der Waals surface area contributed by atoms with Gasteiger partial charge in [0.15, 0.2) is 0 Å². The third-order valence-electron chi connectivity index (χ3n) is 3.77. The summed E-state index contributed by atoms with van der Waals surface area (Å²) < 4.78 is 1.77. The van der Waals surface area contributed by atoms with E-state index in [9.17, 15) is 4.79 Å². The minimum Gasteiger partial charge on any atom is -0.396 e. The monoisotopic (exact) mass is 344 g/mol. The van der Waals surface area contributed by atoms with E-state index in [1.807, 2.05) is 43.0 Å². The largest absolute Gasteiger partial charge is 0.396 e. The first kappa shape index (κ1) is 19.1. The van der Waals surface area contributed by atoms with Crippen molar-refractivity contribution in [1.29, 1.82) is 0 Å². The van der Waals surface area contributed by atoms with E-state index in [1.165, 1.54) is 0 Å². The van der Waals surface area contributed by atoms with E-state index in [-0.39, 0.29) is 17.9 Å². The molecule has 0 aliphatic carbocycles. The maximum absolute atomic E-state index is 12.9. The van der Waals surface area contributed by atoms with E-state index in [1.54, 1.807) is 4.68 Å². The van der Waals surface area contributed by atoms with Gasteiger partial charge in [-0.05, 0) is 49.9 Å². The molecular formula is C19H28N4O2. The lowest BCUT2D eigenvalue weighted by Crippen LogP contribution is -2.38. The van der Waals surface area contributed by atoms with Crippen LogP contribution >= 0.6 is 0 Å². The molecule has 1 aromatic heterocycles. The number of hydrogen-bond acceptors (Lipinski definition) is 4. The number of amides is 1. The van der Waals surface area contributed by atoms with Crippen LogP contribution in [-0.2, 0) is 0 Å². The molecule has 0 atom stereocenters. The summed E-state index contributed by atoms with van der Waals surface area (Å²) in [4.78, 5) is 19.0. The van der Waals surface area contributed by atoms with Gasteiger partial charge in [0.2, 0.25) is 0 Å². The number of rotatable bonds is 6. The number of nitrogens with zero attached hydrogens (tertiary/aromatic N) is 4. The van der Waals surface area contributed by atoms with Crippen molar-refractivity contribution in [2.45, 2.75) is 41.0 Å². The molecular weight excluding hydrogens is 316 g/mol. The third kappa shape index (κ3) is 5.13. The quantitative estimate of drug-likeness (QED) is 0.875. The number of benzene rings is 1. The molecule has 25 heavy (non-hydrogen) atoms. The van der Waals surface area contributed by atoms with Crippen LogP contribution in [0.5, 0.6) is 0 Å². The molecule has 0 aliphatic heterocycles. The Hall–Kier alpha value is -2.21. The van der Waals surface area contributed by atoms with Crippen molar-refractivity contribution < 1.29 is 9.90 Å². The van der Waals surface area contributed by atoms with Gasteiger partial charge < -0.3 is 10.0 Å². The first-order chi connectivity index (χ1) is 11.7. The minimum absolute atomic E-state index is 0.000422. The summed E-state index contributed by atoms with van der Waals surface area (Å²) in [5.41, 5.74) is 1.52. The highest BCUT2D eigenvalue weighted by atomic mass is 16.3. The molecule has 2 rings (SSSR count). The normalized spacial score (nSPS) is 11.6. The molecule has 0 unspecified atom stereocenters. The van der Waals surface area contributed by atoms with Crippen molar-refractivity contribution >= 4 is 5.91 Å². The molecule has 0 spiro atoms. The number of hydrogen-bond donors (Lipinski definition) is 1. The second-order valence-corrected chi connectivity index (χ2v) is 7.53. The maximum atomic E-state index is 12.9. The Morgan fingerprint density at radius 3 is 2.32 bits per heavy atom. The van der Waals surface area contributed by atoms with Gasteiger partial charge in [0.05, 0.1) is 5.69 Å². The number of carbonyl (C=O) groups is 1. The molecule has 1 aromatic carbocycles. The number of carbonyl (C=O) groups excluding carboxylic acids is 1. The standard InChI is InChI=1S/C19H28N4O2/c1-14-20-15(2)23(21-14)17-9-7-16(8-10-17)18(25)22(11-6-12-24)13-19(3,4)5/h7-10,24H,6,11-13H2,1-5H3. The topological polar surface area (TPSA) is 71.2 Å². The predicted octanol–water partition coefficient (Wildman–Crippen LogP) is 2.75. The number of aromatic nitrogens is 3. The van der Waals surface area contributed by atoms with Crippen molar-refractivity contribution in [2.75, 3.05) is 19.7 Å². The average molecular weight is 344 g/mol. The Morgan fingerprint density at radius 1 is 1.20 bits per heavy atom. The zero-order chi connectivity index (χ0) is 18.6. The SMILES string of the molecule is Cc1nc(C)n(-c2ccc(C(=O)N(CCCO)CC(C)(C)C)cc2)n1. The Morgan fingerprint density at radius 2 is 1.84 bits per heavy atom. The van der Waals surface area contributed by atoms with Crippen molar-refractivity contribution in [3.05, 3.63) is 41.5 Å². The molecule has 0 saturated carbocycles. The van der Waals surface area contributed by atoms with Crippen molar-refractivity contribution in [3.8, 4) is 5.69 Å². The Kier molecular flexibility index (Phi) is 5.95. The molecule has 1 amide bonds. The van der Waals surface area contributed by atoms with E-state index >= 15 is 0 Å². The van der Waals surface area contributed by atoms with Crippen LogP contribution in [-0.4, -0.2) is 50.4 Å². The molecule has 0 fully saturated rings. The molecule has 6 heteroatoms. The first-order valence-corrected chi connectivity index (χ1v) is 8.62. The fourth-order valence-corrected chi connectivity index (χ4v) is 2.78. The summed E-state index contributed by atoms with van der Waals surface area (Å²) in [6.45, 7) is 11.3. The molecule has 1 heterocycles. The van der Waals surface area contributed by atoms with Gasteiger partial charge in [0.1, 0.15) is 11.6 Å². The van der Waals surface area contributed by atoms with Crippen LogP contribution in [0.3, 0.4) is 0 Å². The van der Waals surface area contributed by atoms with Gasteiger partial charge in [-0.3, -0.25) is 4.79 Å². The summed E-state index contributed by atoms with van der Waals surface area (Å²) in [5.74, 6) is 1.52. The smallest absolute Gasteiger partial charge is 0.253 e. The second-order valence-electron chi connectivity index (χ2n) is 7.53. The van der Waals surface area contributed by atoms with Gasteiger partial charge >= 0.3 is 0 Å². The lowest BCUT2D eigenvalue weighted by atomic mass is 9.95. The summed E-state index contributed by atoms with van der Waals surface area (Å²) in [7, 11) is 0. The van der Waals surface area contributed by atoms with Gasteiger partial charge in [-0.2, -0.15) is 5.10 Å². The maximum Gasteiger partial charge on any atom is 0.253 e. The molecule has 2 aromatic rings. The zero-order valence-electron chi connectivity index (χ0n) is 15.8. The van der Waals surface area contributed by atoms with Gasteiger partial charge in [-0.1, -0.05) is 20.8 Å². The Bertz CT molecular complexity index is 714. The van der Waals surface area contributed by atoms with Gasteiger partial charge in [-0.15, -0.1) is 0 Å². The average Bonchev–Trinajstić information content (AvgIpc) is 2.88. The number of aryl methyl sites for hydroxylation is 2. The summed E-state index contributed by atoms with van der Waals surface area (Å²) in [6.07, 6.45) is 0.581. The summed E-state index contributed by atoms with van der Waals surface area (Å²) in [5, 5.41) is 13.5. The molecule has 0 saturated heterocycles. The molecule has 0 aliphatic rings. The highest BCUT2D eigenvalue weighted by Gasteiger charge is 2.22. The molecule has 1 N–H and O–H groups in total. The molecule has 6 nitrogen and oxygen atoms in total. The van der Waals surface area contributed by atoms with E-state index in [0.29, 0.717) is 25.1 Å². The van der Waals surface area contributed by atoms with Gasteiger partial charge in [0.25, 0.3) is 5.91 Å². The van der Waals surface area contributed by atoms with Crippen LogP contribution in [0.4, 0.5) is 0 Å². The zero-order valence-corrected chi connectivity index (χ0v) is 15.8.